The van der Waals surface area contributed by atoms with E-state index in [1.165, 1.54) is 38.8 Å². The molecule has 4 heterocycles. The monoisotopic (exact) mass is 1110 g/mol. The average molecular weight is 1110 g/mol. The van der Waals surface area contributed by atoms with E-state index in [0.717, 1.165) is 83.3 Å². The molecule has 71 heavy (non-hydrogen) atoms. The van der Waals surface area contributed by atoms with E-state index in [4.69, 9.17) is 15.0 Å². The summed E-state index contributed by atoms with van der Waals surface area (Å²) in [7, 11) is 0. The number of rotatable bonds is 8. The maximum absolute atomic E-state index is 5.76. The Hall–Kier alpha value is -6.55. The fourth-order valence-corrected chi connectivity index (χ4v) is 10.7. The Morgan fingerprint density at radius 2 is 1.17 bits per heavy atom. The normalized spacial score (nSPS) is 12.6. The van der Waals surface area contributed by atoms with Crippen LogP contribution >= 0.6 is 0 Å². The van der Waals surface area contributed by atoms with Crippen LogP contribution in [0, 0.1) is 6.07 Å². The molecule has 0 aliphatic carbocycles. The summed E-state index contributed by atoms with van der Waals surface area (Å²) in [5, 5.41) is 4.64. The van der Waals surface area contributed by atoms with E-state index in [1.807, 2.05) is 6.20 Å². The molecule has 6 heteroatoms. The van der Waals surface area contributed by atoms with Gasteiger partial charge in [0.05, 0.1) is 11.0 Å². The van der Waals surface area contributed by atoms with Gasteiger partial charge in [0.2, 0.25) is 0 Å². The molecular formula is C65H63N5Pt. The summed E-state index contributed by atoms with van der Waals surface area (Å²) in [4.78, 5) is 16.2. The maximum Gasteiger partial charge on any atom is 2.00 e. The zero-order chi connectivity index (χ0) is 49.0. The predicted octanol–water partition coefficient (Wildman–Crippen LogP) is 17.1. The Kier molecular flexibility index (Phi) is 11.9. The third-order valence-corrected chi connectivity index (χ3v) is 14.9. The SMILES string of the molecule is CC(C)c1cc2c3ccc(-c4cccc5c4nc(-c4cccc6c4[n-]c4ccccc46)n5-c4cc(C(C)(C)C)cc(C(C)(C)C)c4)[c-]c3n(-c3cc(C(C)(C)c4ccccc4)ccn3)c2cc1C(C)C.[Pt+2]. The van der Waals surface area contributed by atoms with Crippen LogP contribution in [0.15, 0.2) is 152 Å². The average Bonchev–Trinajstić information content (AvgIpc) is 4.02. The molecule has 358 valence electrons. The predicted molar refractivity (Wildman–Crippen MR) is 295 cm³/mol. The molecule has 11 rings (SSSR count). The minimum Gasteiger partial charge on any atom is -0.656 e. The van der Waals surface area contributed by atoms with Gasteiger partial charge in [-0.05, 0) is 114 Å². The van der Waals surface area contributed by atoms with Gasteiger partial charge < -0.3 is 9.55 Å². The number of aromatic nitrogens is 5. The minimum absolute atomic E-state index is 0. The van der Waals surface area contributed by atoms with Gasteiger partial charge in [-0.1, -0.05) is 191 Å². The van der Waals surface area contributed by atoms with E-state index in [2.05, 4.69) is 244 Å². The summed E-state index contributed by atoms with van der Waals surface area (Å²) in [5.41, 5.74) is 17.5. The van der Waals surface area contributed by atoms with Crippen LogP contribution in [0.25, 0.3) is 88.7 Å². The van der Waals surface area contributed by atoms with Crippen molar-refractivity contribution in [1.82, 2.24) is 24.1 Å². The molecule has 0 aliphatic rings. The van der Waals surface area contributed by atoms with Gasteiger partial charge in [0, 0.05) is 28.4 Å². The van der Waals surface area contributed by atoms with Crippen molar-refractivity contribution in [3.05, 3.63) is 191 Å². The van der Waals surface area contributed by atoms with E-state index < -0.39 is 0 Å². The molecule has 4 aromatic heterocycles. The molecule has 0 saturated carbocycles. The Balaban J connectivity index is 0.00000582. The zero-order valence-electron chi connectivity index (χ0n) is 43.1. The molecule has 0 saturated heterocycles. The van der Waals surface area contributed by atoms with Crippen LogP contribution in [0.2, 0.25) is 0 Å². The van der Waals surface area contributed by atoms with E-state index in [0.29, 0.717) is 11.8 Å². The van der Waals surface area contributed by atoms with Crippen molar-refractivity contribution in [2.24, 2.45) is 0 Å². The Morgan fingerprint density at radius 1 is 0.521 bits per heavy atom. The van der Waals surface area contributed by atoms with Crippen molar-refractivity contribution in [2.45, 2.75) is 111 Å². The first-order valence-corrected chi connectivity index (χ1v) is 25.1. The van der Waals surface area contributed by atoms with Crippen LogP contribution in [0.5, 0.6) is 0 Å². The molecule has 5 nitrogen and oxygen atoms in total. The quantitative estimate of drug-likeness (QED) is 0.143. The van der Waals surface area contributed by atoms with Crippen LogP contribution in [-0.4, -0.2) is 19.1 Å². The first-order chi connectivity index (χ1) is 33.4. The largest absolute Gasteiger partial charge is 2.00 e. The summed E-state index contributed by atoms with van der Waals surface area (Å²) in [6.07, 6.45) is 1.97. The molecule has 0 radical (unpaired) electrons. The number of para-hydroxylation sites is 3. The second-order valence-electron chi connectivity index (χ2n) is 22.7. The second-order valence-corrected chi connectivity index (χ2v) is 22.7. The van der Waals surface area contributed by atoms with Gasteiger partial charge in [-0.3, -0.25) is 4.57 Å². The molecule has 11 aromatic rings. The number of nitrogens with zero attached hydrogens (tertiary/aromatic N) is 5. The topological polar surface area (TPSA) is 49.7 Å². The summed E-state index contributed by atoms with van der Waals surface area (Å²) in [6.45, 7) is 27.7. The van der Waals surface area contributed by atoms with E-state index >= 15 is 0 Å². The second kappa shape index (κ2) is 17.6. The maximum atomic E-state index is 5.76. The molecule has 0 amide bonds. The molecule has 0 aliphatic heterocycles. The van der Waals surface area contributed by atoms with E-state index in [1.54, 1.807) is 0 Å². The van der Waals surface area contributed by atoms with Crippen LogP contribution in [-0.2, 0) is 37.3 Å². The number of hydrogen-bond donors (Lipinski definition) is 0. The number of benzene rings is 7. The van der Waals surface area contributed by atoms with Crippen molar-refractivity contribution in [3.8, 4) is 34.0 Å². The Labute approximate surface area is 433 Å². The summed E-state index contributed by atoms with van der Waals surface area (Å²) in [6, 6.07) is 57.4. The van der Waals surface area contributed by atoms with Crippen LogP contribution in [0.4, 0.5) is 0 Å². The van der Waals surface area contributed by atoms with E-state index in [-0.39, 0.29) is 37.3 Å². The van der Waals surface area contributed by atoms with Gasteiger partial charge in [0.1, 0.15) is 11.6 Å². The summed E-state index contributed by atoms with van der Waals surface area (Å²) >= 11 is 0. The number of pyridine rings is 1. The minimum atomic E-state index is -0.248. The van der Waals surface area contributed by atoms with Gasteiger partial charge in [-0.25, -0.2) is 9.97 Å². The van der Waals surface area contributed by atoms with Gasteiger partial charge in [-0.15, -0.1) is 34.8 Å². The molecule has 0 bridgehead atoms. The number of fused-ring (bicyclic) bond motifs is 7. The van der Waals surface area contributed by atoms with Crippen molar-refractivity contribution in [2.75, 3.05) is 0 Å². The summed E-state index contributed by atoms with van der Waals surface area (Å²) in [5.74, 6) is 2.46. The molecule has 0 N–H and O–H groups in total. The van der Waals surface area contributed by atoms with Crippen molar-refractivity contribution in [3.63, 3.8) is 0 Å². The molecule has 0 spiro atoms. The molecule has 0 unspecified atom stereocenters. The molecular weight excluding hydrogens is 1050 g/mol. The Bertz CT molecular complexity index is 3790. The molecule has 0 fully saturated rings. The molecule has 0 atom stereocenters. The van der Waals surface area contributed by atoms with Crippen molar-refractivity contribution >= 4 is 54.6 Å². The van der Waals surface area contributed by atoms with Crippen LogP contribution in [0.1, 0.15) is 128 Å². The fraction of sp³-hybridized carbons (Fsp3) is 0.262. The standard InChI is InChI=1S/C65H63N5.Pt/c1-39(2)52-37-54-49-29-28-41(32-57(49)70(58(54)38-53(52)40(3)4)59-36-43(30-31-66-59)65(11,12)42-20-14-13-15-21-42)47-23-19-27-56-61(47)68-62(51-25-18-24-50-48-22-16-17-26-55(48)67-60(50)51)69(56)46-34-44(63(5,6)7)33-45(35-46)64(8,9)10;/h13-31,33-40H,1-12H3;/q-2;+2. The van der Waals surface area contributed by atoms with Crippen LogP contribution < -0.4 is 4.98 Å². The van der Waals surface area contributed by atoms with Gasteiger partial charge >= 0.3 is 21.1 Å². The first-order valence-electron chi connectivity index (χ1n) is 25.1. The zero-order valence-corrected chi connectivity index (χ0v) is 45.4. The van der Waals surface area contributed by atoms with E-state index in [9.17, 15) is 0 Å². The van der Waals surface area contributed by atoms with Crippen molar-refractivity contribution < 1.29 is 21.1 Å². The summed E-state index contributed by atoms with van der Waals surface area (Å²) < 4.78 is 4.75. The number of hydrogen-bond acceptors (Lipinski definition) is 2. The van der Waals surface area contributed by atoms with Gasteiger partial charge in [0.25, 0.3) is 0 Å². The Morgan fingerprint density at radius 3 is 1.87 bits per heavy atom. The van der Waals surface area contributed by atoms with Crippen molar-refractivity contribution in [1.29, 1.82) is 0 Å². The van der Waals surface area contributed by atoms with Gasteiger partial charge in [-0.2, -0.15) is 0 Å². The third kappa shape index (κ3) is 8.15. The fourth-order valence-electron chi connectivity index (χ4n) is 10.7. The molecule has 7 aromatic carbocycles. The number of imidazole rings is 1. The van der Waals surface area contributed by atoms with Crippen LogP contribution in [0.3, 0.4) is 0 Å². The smallest absolute Gasteiger partial charge is 0.656 e. The van der Waals surface area contributed by atoms with Gasteiger partial charge in [0.15, 0.2) is 0 Å². The first kappa shape index (κ1) is 48.1. The third-order valence-electron chi connectivity index (χ3n) is 14.9.